The number of likely N-dealkylation sites (N-methyl/N-ethyl adjacent to an activating group) is 1. The molecule has 3 rings (SSSR count). The van der Waals surface area contributed by atoms with E-state index in [-0.39, 0.29) is 12.5 Å². The molecule has 0 fully saturated rings. The van der Waals surface area contributed by atoms with Gasteiger partial charge in [0.15, 0.2) is 6.61 Å². The fraction of sp³-hybridized carbons (Fsp3) is 0.389. The minimum atomic E-state index is -0.439. The van der Waals surface area contributed by atoms with E-state index in [1.54, 1.807) is 0 Å². The number of nitrogens with zero attached hydrogens (tertiary/aromatic N) is 1. The lowest BCUT2D eigenvalue weighted by atomic mass is 9.97. The molecule has 5 nitrogen and oxygen atoms in total. The average molecular weight is 312 g/mol. The number of carbonyl (C=O) groups excluding carboxylic acids is 2. The zero-order valence-corrected chi connectivity index (χ0v) is 13.2. The first-order valence-corrected chi connectivity index (χ1v) is 7.99. The van der Waals surface area contributed by atoms with Gasteiger partial charge in [-0.1, -0.05) is 24.6 Å². The van der Waals surface area contributed by atoms with Crippen LogP contribution in [0.2, 0.25) is 0 Å². The molecule has 1 heterocycles. The van der Waals surface area contributed by atoms with Crippen LogP contribution >= 0.6 is 0 Å². The summed E-state index contributed by atoms with van der Waals surface area (Å²) in [4.78, 5) is 28.7. The summed E-state index contributed by atoms with van der Waals surface area (Å²) in [5, 5.41) is 3.25. The average Bonchev–Trinajstić information content (AvgIpc) is 2.82. The number of esters is 1. The van der Waals surface area contributed by atoms with Crippen molar-refractivity contribution in [3.63, 3.8) is 0 Å². The van der Waals surface area contributed by atoms with Crippen molar-refractivity contribution in [2.45, 2.75) is 32.1 Å². The van der Waals surface area contributed by atoms with Gasteiger partial charge in [-0.2, -0.15) is 0 Å². The molecule has 0 radical (unpaired) electrons. The van der Waals surface area contributed by atoms with Crippen LogP contribution in [0.4, 0.5) is 0 Å². The summed E-state index contributed by atoms with van der Waals surface area (Å²) in [5.74, 6) is -0.756. The van der Waals surface area contributed by atoms with Gasteiger partial charge in [0.25, 0.3) is 5.91 Å². The fourth-order valence-corrected chi connectivity index (χ4v) is 3.06. The molecule has 1 aromatic heterocycles. The number of aromatic nitrogens is 1. The lowest BCUT2D eigenvalue weighted by Crippen LogP contribution is -2.25. The number of para-hydroxylation sites is 1. The van der Waals surface area contributed by atoms with E-state index >= 15 is 0 Å². The van der Waals surface area contributed by atoms with Crippen LogP contribution in [0, 0.1) is 0 Å². The van der Waals surface area contributed by atoms with Gasteiger partial charge >= 0.3 is 5.97 Å². The highest BCUT2D eigenvalue weighted by atomic mass is 16.5. The lowest BCUT2D eigenvalue weighted by Gasteiger charge is -2.14. The van der Waals surface area contributed by atoms with Crippen LogP contribution in [0.25, 0.3) is 10.9 Å². The van der Waals surface area contributed by atoms with Crippen molar-refractivity contribution >= 4 is 22.8 Å². The molecule has 1 N–H and O–H groups in total. The minimum absolute atomic E-state index is 0.263. The van der Waals surface area contributed by atoms with Crippen molar-refractivity contribution in [1.82, 2.24) is 10.3 Å². The van der Waals surface area contributed by atoms with Gasteiger partial charge < -0.3 is 10.1 Å². The molecule has 1 aliphatic rings. The zero-order valence-electron chi connectivity index (χ0n) is 13.2. The molecule has 0 unspecified atom stereocenters. The molecular formula is C18H20N2O3. The normalized spacial score (nSPS) is 14.0. The first-order chi connectivity index (χ1) is 11.2. The molecule has 0 aliphatic heterocycles. The van der Waals surface area contributed by atoms with E-state index in [2.05, 4.69) is 5.32 Å². The highest BCUT2D eigenvalue weighted by Crippen LogP contribution is 2.29. The Balaban J connectivity index is 2.07. The van der Waals surface area contributed by atoms with E-state index < -0.39 is 5.97 Å². The minimum Gasteiger partial charge on any atom is -0.452 e. The Morgan fingerprint density at radius 1 is 1.17 bits per heavy atom. The van der Waals surface area contributed by atoms with Gasteiger partial charge in [-0.3, -0.25) is 9.78 Å². The maximum atomic E-state index is 12.6. The molecule has 1 aliphatic carbocycles. The largest absolute Gasteiger partial charge is 0.452 e. The summed E-state index contributed by atoms with van der Waals surface area (Å²) >= 11 is 0. The number of aryl methyl sites for hydroxylation is 1. The third-order valence-electron chi connectivity index (χ3n) is 4.24. The van der Waals surface area contributed by atoms with Gasteiger partial charge in [-0.25, -0.2) is 4.79 Å². The van der Waals surface area contributed by atoms with Crippen LogP contribution in [0.1, 0.15) is 40.9 Å². The van der Waals surface area contributed by atoms with Crippen molar-refractivity contribution < 1.29 is 14.3 Å². The van der Waals surface area contributed by atoms with E-state index in [1.807, 2.05) is 24.3 Å². The molecule has 5 heteroatoms. The highest BCUT2D eigenvalue weighted by molar-refractivity contribution is 6.05. The van der Waals surface area contributed by atoms with Crippen molar-refractivity contribution in [2.75, 3.05) is 13.7 Å². The molecule has 0 spiro atoms. The van der Waals surface area contributed by atoms with Crippen LogP contribution in [-0.4, -0.2) is 30.5 Å². The summed E-state index contributed by atoms with van der Waals surface area (Å²) in [6.07, 6.45) is 4.99. The fourth-order valence-electron chi connectivity index (χ4n) is 3.06. The maximum absolute atomic E-state index is 12.6. The summed E-state index contributed by atoms with van der Waals surface area (Å²) in [5.41, 5.74) is 3.37. The van der Waals surface area contributed by atoms with Gasteiger partial charge in [0.2, 0.25) is 0 Å². The second-order valence-corrected chi connectivity index (χ2v) is 5.74. The molecule has 1 amide bonds. The van der Waals surface area contributed by atoms with E-state index in [0.717, 1.165) is 54.3 Å². The van der Waals surface area contributed by atoms with Gasteiger partial charge in [0.05, 0.1) is 11.1 Å². The number of carbonyl (C=O) groups is 2. The zero-order chi connectivity index (χ0) is 16.2. The van der Waals surface area contributed by atoms with E-state index in [0.29, 0.717) is 5.56 Å². The van der Waals surface area contributed by atoms with Gasteiger partial charge in [-0.15, -0.1) is 0 Å². The van der Waals surface area contributed by atoms with Crippen LogP contribution in [0.15, 0.2) is 24.3 Å². The smallest absolute Gasteiger partial charge is 0.339 e. The Bertz CT molecular complexity index is 755. The lowest BCUT2D eigenvalue weighted by molar-refractivity contribution is -0.123. The topological polar surface area (TPSA) is 68.3 Å². The maximum Gasteiger partial charge on any atom is 0.339 e. The number of fused-ring (bicyclic) bond motifs is 2. The van der Waals surface area contributed by atoms with Crippen molar-refractivity contribution in [3.05, 3.63) is 41.1 Å². The van der Waals surface area contributed by atoms with Gasteiger partial charge in [-0.05, 0) is 37.3 Å². The van der Waals surface area contributed by atoms with Gasteiger partial charge in [0, 0.05) is 18.1 Å². The molecule has 0 bridgehead atoms. The number of nitrogens with one attached hydrogen (secondary N) is 1. The first-order valence-electron chi connectivity index (χ1n) is 7.99. The third-order valence-corrected chi connectivity index (χ3v) is 4.24. The standard InChI is InChI=1S/C18H20N2O3/c1-19-16(21)11-23-18(22)17-12-7-3-2-4-9-14(12)20-15-10-6-5-8-13(15)17/h5-6,8,10H,2-4,7,9,11H2,1H3,(H,19,21). The number of amides is 1. The molecule has 2 aromatic rings. The number of hydrogen-bond donors (Lipinski definition) is 1. The summed E-state index contributed by atoms with van der Waals surface area (Å²) in [6.45, 7) is -0.263. The molecule has 23 heavy (non-hydrogen) atoms. The van der Waals surface area contributed by atoms with E-state index in [1.165, 1.54) is 7.05 Å². The van der Waals surface area contributed by atoms with Crippen molar-refractivity contribution in [1.29, 1.82) is 0 Å². The number of hydrogen-bond acceptors (Lipinski definition) is 4. The highest BCUT2D eigenvalue weighted by Gasteiger charge is 2.23. The first kappa shape index (κ1) is 15.5. The summed E-state index contributed by atoms with van der Waals surface area (Å²) in [7, 11) is 1.52. The van der Waals surface area contributed by atoms with E-state index in [4.69, 9.17) is 9.72 Å². The van der Waals surface area contributed by atoms with Crippen molar-refractivity contribution in [2.24, 2.45) is 0 Å². The van der Waals surface area contributed by atoms with Crippen molar-refractivity contribution in [3.8, 4) is 0 Å². The Morgan fingerprint density at radius 2 is 1.96 bits per heavy atom. The Kier molecular flexibility index (Phi) is 4.55. The molecule has 120 valence electrons. The molecule has 1 aromatic carbocycles. The van der Waals surface area contributed by atoms with Crippen LogP contribution in [-0.2, 0) is 22.4 Å². The predicted octanol–water partition coefficient (Wildman–Crippen LogP) is 2.41. The summed E-state index contributed by atoms with van der Waals surface area (Å²) in [6, 6.07) is 7.61. The second-order valence-electron chi connectivity index (χ2n) is 5.74. The Labute approximate surface area is 135 Å². The Hall–Kier alpha value is -2.43. The number of rotatable bonds is 3. The quantitative estimate of drug-likeness (QED) is 0.698. The van der Waals surface area contributed by atoms with Crippen LogP contribution in [0.5, 0.6) is 0 Å². The molecule has 0 atom stereocenters. The van der Waals surface area contributed by atoms with Crippen LogP contribution < -0.4 is 5.32 Å². The monoisotopic (exact) mass is 312 g/mol. The third kappa shape index (κ3) is 3.18. The van der Waals surface area contributed by atoms with Gasteiger partial charge in [0.1, 0.15) is 0 Å². The molecular weight excluding hydrogens is 292 g/mol. The molecule has 0 saturated carbocycles. The number of benzene rings is 1. The second kappa shape index (κ2) is 6.77. The van der Waals surface area contributed by atoms with E-state index in [9.17, 15) is 9.59 Å². The van der Waals surface area contributed by atoms with Crippen LogP contribution in [0.3, 0.4) is 0 Å². The number of ether oxygens (including phenoxy) is 1. The number of pyridine rings is 1. The SMILES string of the molecule is CNC(=O)COC(=O)c1c2c(nc3ccccc13)CCCCC2. The molecule has 0 saturated heterocycles. The summed E-state index contributed by atoms with van der Waals surface area (Å²) < 4.78 is 5.22. The Morgan fingerprint density at radius 3 is 2.78 bits per heavy atom. The predicted molar refractivity (Wildman–Crippen MR) is 87.4 cm³/mol.